The summed E-state index contributed by atoms with van der Waals surface area (Å²) in [5.41, 5.74) is 0. The number of piperidine rings is 1. The summed E-state index contributed by atoms with van der Waals surface area (Å²) in [5.74, 6) is -0.915. The second-order valence-electron chi connectivity index (χ2n) is 4.15. The van der Waals surface area contributed by atoms with Gasteiger partial charge in [0, 0.05) is 13.1 Å². The number of carbonyl (C=O) groups is 2. The number of ether oxygens (including phenoxy) is 1. The van der Waals surface area contributed by atoms with Gasteiger partial charge in [-0.25, -0.2) is 4.79 Å². The van der Waals surface area contributed by atoms with E-state index in [0.717, 1.165) is 12.8 Å². The number of carboxylic acids is 1. The Bertz CT molecular complexity index is 259. The molecule has 0 aromatic heterocycles. The third kappa shape index (κ3) is 3.12. The van der Waals surface area contributed by atoms with Crippen LogP contribution in [0.4, 0.5) is 4.79 Å². The number of carbonyl (C=O) groups excluding carboxylic acids is 1. The van der Waals surface area contributed by atoms with Crippen molar-refractivity contribution in [2.75, 3.05) is 19.7 Å². The smallest absolute Gasteiger partial charge is 0.409 e. The molecule has 1 saturated heterocycles. The monoisotopic (exact) mass is 229 g/mol. The predicted octanol–water partition coefficient (Wildman–Crippen LogP) is 1.58. The lowest BCUT2D eigenvalue weighted by atomic mass is 9.85. The van der Waals surface area contributed by atoms with Crippen LogP contribution < -0.4 is 0 Å². The molecule has 0 spiro atoms. The maximum Gasteiger partial charge on any atom is 0.409 e. The molecule has 0 saturated carbocycles. The van der Waals surface area contributed by atoms with Gasteiger partial charge in [-0.15, -0.1) is 0 Å². The quantitative estimate of drug-likeness (QED) is 0.797. The lowest BCUT2D eigenvalue weighted by molar-refractivity contribution is -0.143. The largest absolute Gasteiger partial charge is 0.481 e. The second kappa shape index (κ2) is 5.72. The first-order valence-corrected chi connectivity index (χ1v) is 5.70. The highest BCUT2D eigenvalue weighted by Crippen LogP contribution is 2.25. The van der Waals surface area contributed by atoms with Crippen molar-refractivity contribution < 1.29 is 19.4 Å². The van der Waals surface area contributed by atoms with Crippen LogP contribution in [-0.4, -0.2) is 41.8 Å². The van der Waals surface area contributed by atoms with Gasteiger partial charge in [-0.2, -0.15) is 0 Å². The number of nitrogens with zero attached hydrogens (tertiary/aromatic N) is 1. The van der Waals surface area contributed by atoms with E-state index in [-0.39, 0.29) is 17.9 Å². The molecule has 1 atom stereocenters. The molecule has 1 fully saturated rings. The fourth-order valence-electron chi connectivity index (χ4n) is 2.00. The molecule has 1 rings (SSSR count). The highest BCUT2D eigenvalue weighted by atomic mass is 16.6. The van der Waals surface area contributed by atoms with E-state index in [4.69, 9.17) is 9.84 Å². The molecule has 16 heavy (non-hydrogen) atoms. The van der Waals surface area contributed by atoms with Crippen LogP contribution in [-0.2, 0) is 9.53 Å². The van der Waals surface area contributed by atoms with Crippen molar-refractivity contribution in [2.24, 2.45) is 11.8 Å². The Kier molecular flexibility index (Phi) is 4.58. The van der Waals surface area contributed by atoms with Crippen LogP contribution in [0.1, 0.15) is 26.7 Å². The topological polar surface area (TPSA) is 66.8 Å². The summed E-state index contributed by atoms with van der Waals surface area (Å²) in [6.45, 7) is 5.08. The number of aliphatic carboxylic acids is 1. The van der Waals surface area contributed by atoms with Gasteiger partial charge < -0.3 is 14.7 Å². The van der Waals surface area contributed by atoms with Crippen LogP contribution in [0.15, 0.2) is 0 Å². The van der Waals surface area contributed by atoms with Crippen LogP contribution in [0.3, 0.4) is 0 Å². The lowest BCUT2D eigenvalue weighted by Crippen LogP contribution is -2.41. The molecule has 0 aromatic rings. The maximum atomic E-state index is 11.4. The summed E-state index contributed by atoms with van der Waals surface area (Å²) in [5, 5.41) is 8.89. The van der Waals surface area contributed by atoms with Gasteiger partial charge in [-0.05, 0) is 25.7 Å². The minimum Gasteiger partial charge on any atom is -0.481 e. The van der Waals surface area contributed by atoms with Gasteiger partial charge in [-0.3, -0.25) is 4.79 Å². The van der Waals surface area contributed by atoms with Gasteiger partial charge in [0.2, 0.25) is 0 Å². The van der Waals surface area contributed by atoms with Crippen LogP contribution in [0, 0.1) is 11.8 Å². The molecule has 1 unspecified atom stereocenters. The van der Waals surface area contributed by atoms with Gasteiger partial charge in [0.15, 0.2) is 0 Å². The van der Waals surface area contributed by atoms with Crippen molar-refractivity contribution in [3.8, 4) is 0 Å². The van der Waals surface area contributed by atoms with Gasteiger partial charge in [0.05, 0.1) is 12.5 Å². The predicted molar refractivity (Wildman–Crippen MR) is 58.1 cm³/mol. The number of hydrogen-bond donors (Lipinski definition) is 1. The number of amides is 1. The summed E-state index contributed by atoms with van der Waals surface area (Å²) in [7, 11) is 0. The summed E-state index contributed by atoms with van der Waals surface area (Å²) in [6, 6.07) is 0. The molecule has 1 aliphatic rings. The number of rotatable bonds is 3. The number of likely N-dealkylation sites (tertiary alicyclic amines) is 1. The van der Waals surface area contributed by atoms with Gasteiger partial charge in [0.25, 0.3) is 0 Å². The molecular formula is C11H19NO4. The van der Waals surface area contributed by atoms with Crippen LogP contribution >= 0.6 is 0 Å². The van der Waals surface area contributed by atoms with Crippen molar-refractivity contribution >= 4 is 12.1 Å². The van der Waals surface area contributed by atoms with Crippen LogP contribution in [0.25, 0.3) is 0 Å². The molecule has 0 aliphatic carbocycles. The minimum atomic E-state index is -0.755. The van der Waals surface area contributed by atoms with E-state index in [2.05, 4.69) is 0 Å². The first-order valence-electron chi connectivity index (χ1n) is 5.70. The average Bonchev–Trinajstić information content (AvgIpc) is 2.28. The summed E-state index contributed by atoms with van der Waals surface area (Å²) < 4.78 is 4.90. The van der Waals surface area contributed by atoms with Gasteiger partial charge in [0.1, 0.15) is 0 Å². The molecule has 0 aromatic carbocycles. The molecule has 1 amide bonds. The Hall–Kier alpha value is -1.26. The maximum absolute atomic E-state index is 11.4. The van der Waals surface area contributed by atoms with Gasteiger partial charge >= 0.3 is 12.1 Å². The lowest BCUT2D eigenvalue weighted by Gasteiger charge is -2.32. The fraction of sp³-hybridized carbons (Fsp3) is 0.818. The standard InChI is InChI=1S/C11H19NO4/c1-3-16-11(15)12-6-4-9(5-7-12)8(2)10(13)14/h8-9H,3-7H2,1-2H3,(H,13,14). The first kappa shape index (κ1) is 12.8. The Labute approximate surface area is 95.4 Å². The van der Waals surface area contributed by atoms with Crippen molar-refractivity contribution in [3.05, 3.63) is 0 Å². The molecule has 0 radical (unpaired) electrons. The molecule has 5 nitrogen and oxygen atoms in total. The molecule has 1 aliphatic heterocycles. The number of carboxylic acid groups (broad SMARTS) is 1. The summed E-state index contributed by atoms with van der Waals surface area (Å²) in [4.78, 5) is 23.9. The Morgan fingerprint density at radius 2 is 2.00 bits per heavy atom. The van der Waals surface area contributed by atoms with Crippen LogP contribution in [0.2, 0.25) is 0 Å². The van der Waals surface area contributed by atoms with Crippen molar-refractivity contribution in [3.63, 3.8) is 0 Å². The molecule has 1 N–H and O–H groups in total. The second-order valence-corrected chi connectivity index (χ2v) is 4.15. The zero-order valence-electron chi connectivity index (χ0n) is 9.81. The van der Waals surface area contributed by atoms with Crippen molar-refractivity contribution in [2.45, 2.75) is 26.7 Å². The third-order valence-electron chi connectivity index (χ3n) is 3.16. The molecule has 5 heteroatoms. The molecule has 92 valence electrons. The van der Waals surface area contributed by atoms with E-state index < -0.39 is 5.97 Å². The van der Waals surface area contributed by atoms with Crippen LogP contribution in [0.5, 0.6) is 0 Å². The van der Waals surface area contributed by atoms with E-state index in [0.29, 0.717) is 19.7 Å². The fourth-order valence-corrected chi connectivity index (χ4v) is 2.00. The normalized spacial score (nSPS) is 19.2. The Balaban J connectivity index is 2.39. The van der Waals surface area contributed by atoms with Gasteiger partial charge in [-0.1, -0.05) is 6.92 Å². The number of hydrogen-bond acceptors (Lipinski definition) is 3. The molecule has 0 bridgehead atoms. The summed E-state index contributed by atoms with van der Waals surface area (Å²) in [6.07, 6.45) is 1.20. The summed E-state index contributed by atoms with van der Waals surface area (Å²) >= 11 is 0. The average molecular weight is 229 g/mol. The first-order chi connectivity index (χ1) is 7.56. The highest BCUT2D eigenvalue weighted by Gasteiger charge is 2.29. The van der Waals surface area contributed by atoms with E-state index >= 15 is 0 Å². The SMILES string of the molecule is CCOC(=O)N1CCC(C(C)C(=O)O)CC1. The van der Waals surface area contributed by atoms with Crippen molar-refractivity contribution in [1.29, 1.82) is 0 Å². The zero-order chi connectivity index (χ0) is 12.1. The van der Waals surface area contributed by atoms with E-state index in [1.165, 1.54) is 0 Å². The minimum absolute atomic E-state index is 0.170. The van der Waals surface area contributed by atoms with E-state index in [1.54, 1.807) is 18.7 Å². The molecular weight excluding hydrogens is 210 g/mol. The van der Waals surface area contributed by atoms with E-state index in [1.807, 2.05) is 0 Å². The van der Waals surface area contributed by atoms with E-state index in [9.17, 15) is 9.59 Å². The Morgan fingerprint density at radius 1 is 1.44 bits per heavy atom. The van der Waals surface area contributed by atoms with Crippen molar-refractivity contribution in [1.82, 2.24) is 4.90 Å². The third-order valence-corrected chi connectivity index (χ3v) is 3.16. The Morgan fingerprint density at radius 3 is 2.44 bits per heavy atom. The zero-order valence-corrected chi connectivity index (χ0v) is 9.81. The molecule has 1 heterocycles. The highest BCUT2D eigenvalue weighted by molar-refractivity contribution is 5.70.